The van der Waals surface area contributed by atoms with Crippen molar-refractivity contribution in [1.82, 2.24) is 20.2 Å². The Kier molecular flexibility index (Phi) is 3.00. The first-order chi connectivity index (χ1) is 9.72. The van der Waals surface area contributed by atoms with Gasteiger partial charge in [-0.15, -0.1) is 0 Å². The fourth-order valence-electron chi connectivity index (χ4n) is 1.84. The van der Waals surface area contributed by atoms with E-state index in [1.165, 1.54) is 13.3 Å². The summed E-state index contributed by atoms with van der Waals surface area (Å²) < 4.78 is 0. The van der Waals surface area contributed by atoms with Gasteiger partial charge in [0.1, 0.15) is 12.1 Å². The molecule has 1 amide bonds. The van der Waals surface area contributed by atoms with Crippen LogP contribution in [0.2, 0.25) is 0 Å². The molecule has 20 heavy (non-hydrogen) atoms. The number of hydrogen-bond acceptors (Lipinski definition) is 5. The number of rotatable bonds is 3. The maximum atomic E-state index is 11.0. The highest BCUT2D eigenvalue weighted by molar-refractivity contribution is 5.90. The van der Waals surface area contributed by atoms with E-state index >= 15 is 0 Å². The Morgan fingerprint density at radius 2 is 1.90 bits per heavy atom. The molecule has 3 N–H and O–H groups in total. The van der Waals surface area contributed by atoms with Crippen molar-refractivity contribution in [3.8, 4) is 0 Å². The summed E-state index contributed by atoms with van der Waals surface area (Å²) in [6.07, 6.45) is 3.14. The number of aromatic amines is 1. The van der Waals surface area contributed by atoms with Crippen LogP contribution in [0.5, 0.6) is 0 Å². The minimum Gasteiger partial charge on any atom is -0.340 e. The predicted molar refractivity (Wildman–Crippen MR) is 75.7 cm³/mol. The van der Waals surface area contributed by atoms with Gasteiger partial charge in [-0.3, -0.25) is 9.89 Å². The molecule has 0 radical (unpaired) electrons. The predicted octanol–water partition coefficient (Wildman–Crippen LogP) is 2.05. The third kappa shape index (κ3) is 2.41. The lowest BCUT2D eigenvalue weighted by Crippen LogP contribution is -2.05. The number of aromatic nitrogens is 4. The van der Waals surface area contributed by atoms with Crippen molar-refractivity contribution >= 4 is 34.1 Å². The molecule has 0 atom stereocenters. The first-order valence-corrected chi connectivity index (χ1v) is 6.01. The smallest absolute Gasteiger partial charge is 0.221 e. The number of H-pyrrole nitrogens is 1. The number of amides is 1. The Morgan fingerprint density at radius 3 is 2.65 bits per heavy atom. The molecule has 100 valence electrons. The Morgan fingerprint density at radius 1 is 1.15 bits per heavy atom. The van der Waals surface area contributed by atoms with Crippen LogP contribution in [0.3, 0.4) is 0 Å². The second kappa shape index (κ2) is 4.96. The first kappa shape index (κ1) is 12.1. The summed E-state index contributed by atoms with van der Waals surface area (Å²) in [4.78, 5) is 19.2. The van der Waals surface area contributed by atoms with Crippen LogP contribution in [0.25, 0.3) is 11.0 Å². The van der Waals surface area contributed by atoms with Gasteiger partial charge < -0.3 is 10.6 Å². The normalized spacial score (nSPS) is 10.4. The molecular formula is C13H12N6O. The first-order valence-electron chi connectivity index (χ1n) is 6.01. The molecule has 3 aromatic rings. The monoisotopic (exact) mass is 268 g/mol. The molecule has 0 aliphatic rings. The van der Waals surface area contributed by atoms with Crippen LogP contribution >= 0.6 is 0 Å². The van der Waals surface area contributed by atoms with Crippen LogP contribution in [-0.2, 0) is 4.79 Å². The van der Waals surface area contributed by atoms with Crippen LogP contribution in [-0.4, -0.2) is 26.1 Å². The van der Waals surface area contributed by atoms with E-state index < -0.39 is 0 Å². The quantitative estimate of drug-likeness (QED) is 0.675. The summed E-state index contributed by atoms with van der Waals surface area (Å²) in [6, 6.07) is 7.35. The molecule has 2 aromatic heterocycles. The molecular weight excluding hydrogens is 256 g/mol. The average Bonchev–Trinajstić information content (AvgIpc) is 2.90. The van der Waals surface area contributed by atoms with E-state index in [1.54, 1.807) is 6.20 Å². The van der Waals surface area contributed by atoms with Crippen LogP contribution in [0, 0.1) is 0 Å². The topological polar surface area (TPSA) is 95.6 Å². The maximum Gasteiger partial charge on any atom is 0.221 e. The lowest BCUT2D eigenvalue weighted by Gasteiger charge is -2.07. The average molecular weight is 268 g/mol. The van der Waals surface area contributed by atoms with Crippen LogP contribution in [0.15, 0.2) is 36.8 Å². The molecule has 0 aliphatic carbocycles. The van der Waals surface area contributed by atoms with Crippen molar-refractivity contribution in [2.45, 2.75) is 6.92 Å². The van der Waals surface area contributed by atoms with Crippen molar-refractivity contribution in [1.29, 1.82) is 0 Å². The van der Waals surface area contributed by atoms with Gasteiger partial charge in [-0.25, -0.2) is 9.97 Å². The fourth-order valence-corrected chi connectivity index (χ4v) is 1.84. The van der Waals surface area contributed by atoms with Crippen LogP contribution in [0.1, 0.15) is 6.92 Å². The van der Waals surface area contributed by atoms with Gasteiger partial charge in [-0.1, -0.05) is 0 Å². The lowest BCUT2D eigenvalue weighted by atomic mass is 10.2. The number of nitrogens with one attached hydrogen (secondary N) is 3. The summed E-state index contributed by atoms with van der Waals surface area (Å²) in [5.41, 5.74) is 2.29. The molecule has 7 heteroatoms. The van der Waals surface area contributed by atoms with E-state index in [-0.39, 0.29) is 5.91 Å². The lowest BCUT2D eigenvalue weighted by molar-refractivity contribution is -0.114. The highest BCUT2D eigenvalue weighted by Crippen LogP contribution is 2.22. The van der Waals surface area contributed by atoms with Gasteiger partial charge in [0, 0.05) is 18.3 Å². The number of carbonyl (C=O) groups is 1. The molecule has 0 saturated heterocycles. The number of hydrogen-bond donors (Lipinski definition) is 3. The zero-order valence-corrected chi connectivity index (χ0v) is 10.7. The van der Waals surface area contributed by atoms with Gasteiger partial charge in [-0.2, -0.15) is 5.10 Å². The highest BCUT2D eigenvalue weighted by Gasteiger charge is 2.05. The van der Waals surface area contributed by atoms with Crippen LogP contribution in [0.4, 0.5) is 17.2 Å². The number of nitrogens with zero attached hydrogens (tertiary/aromatic N) is 3. The van der Waals surface area contributed by atoms with Crippen molar-refractivity contribution in [3.05, 3.63) is 36.8 Å². The summed E-state index contributed by atoms with van der Waals surface area (Å²) in [6.45, 7) is 1.47. The largest absolute Gasteiger partial charge is 0.340 e. The van der Waals surface area contributed by atoms with Crippen molar-refractivity contribution in [2.75, 3.05) is 10.6 Å². The minimum atomic E-state index is -0.0957. The Labute approximate surface area is 114 Å². The Hall–Kier alpha value is -2.96. The van der Waals surface area contributed by atoms with E-state index in [0.717, 1.165) is 16.8 Å². The number of benzene rings is 1. The minimum absolute atomic E-state index is 0.0957. The highest BCUT2D eigenvalue weighted by atomic mass is 16.1. The summed E-state index contributed by atoms with van der Waals surface area (Å²) in [5, 5.41) is 13.4. The van der Waals surface area contributed by atoms with E-state index in [0.29, 0.717) is 11.5 Å². The van der Waals surface area contributed by atoms with E-state index in [9.17, 15) is 4.79 Å². The van der Waals surface area contributed by atoms with Crippen molar-refractivity contribution in [3.63, 3.8) is 0 Å². The Balaban J connectivity index is 1.84. The van der Waals surface area contributed by atoms with Crippen molar-refractivity contribution < 1.29 is 4.79 Å². The van der Waals surface area contributed by atoms with Gasteiger partial charge in [0.25, 0.3) is 0 Å². The summed E-state index contributed by atoms with van der Waals surface area (Å²) in [5.74, 6) is 0.581. The van der Waals surface area contributed by atoms with Crippen molar-refractivity contribution in [2.24, 2.45) is 0 Å². The van der Waals surface area contributed by atoms with E-state index in [4.69, 9.17) is 0 Å². The Bertz CT molecular complexity index is 749. The molecule has 0 fully saturated rings. The molecule has 0 unspecified atom stereocenters. The molecule has 0 saturated carbocycles. The van der Waals surface area contributed by atoms with E-state index in [1.807, 2.05) is 24.3 Å². The second-order valence-corrected chi connectivity index (χ2v) is 4.24. The van der Waals surface area contributed by atoms with Gasteiger partial charge in [0.15, 0.2) is 5.65 Å². The molecule has 0 aliphatic heterocycles. The van der Waals surface area contributed by atoms with Gasteiger partial charge in [0.2, 0.25) is 5.91 Å². The molecule has 0 spiro atoms. The summed E-state index contributed by atoms with van der Waals surface area (Å²) >= 11 is 0. The SMILES string of the molecule is CC(=O)Nc1ccc(Nc2ncnc3[nH]ncc23)cc1. The van der Waals surface area contributed by atoms with Gasteiger partial charge in [-0.05, 0) is 24.3 Å². The van der Waals surface area contributed by atoms with Gasteiger partial charge >= 0.3 is 0 Å². The zero-order valence-electron chi connectivity index (χ0n) is 10.7. The third-order valence-electron chi connectivity index (χ3n) is 2.72. The molecule has 2 heterocycles. The zero-order chi connectivity index (χ0) is 13.9. The molecule has 0 bridgehead atoms. The fraction of sp³-hybridized carbons (Fsp3) is 0.0769. The van der Waals surface area contributed by atoms with Gasteiger partial charge in [0.05, 0.1) is 11.6 Å². The standard InChI is InChI=1S/C13H12N6O/c1-8(20)17-9-2-4-10(5-3-9)18-12-11-6-16-19-13(11)15-7-14-12/h2-7H,1H3,(H,17,20)(H2,14,15,16,18,19). The number of carbonyl (C=O) groups excluding carboxylic acids is 1. The molecule has 7 nitrogen and oxygen atoms in total. The third-order valence-corrected chi connectivity index (χ3v) is 2.72. The summed E-state index contributed by atoms with van der Waals surface area (Å²) in [7, 11) is 0. The second-order valence-electron chi connectivity index (χ2n) is 4.24. The molecule has 3 rings (SSSR count). The number of anilines is 3. The molecule has 1 aromatic carbocycles. The number of fused-ring (bicyclic) bond motifs is 1. The van der Waals surface area contributed by atoms with E-state index in [2.05, 4.69) is 30.8 Å². The van der Waals surface area contributed by atoms with Crippen LogP contribution < -0.4 is 10.6 Å². The maximum absolute atomic E-state index is 11.0.